The van der Waals surface area contributed by atoms with Gasteiger partial charge in [-0.2, -0.15) is 13.2 Å². The maximum Gasteiger partial charge on any atom is 0.416 e. The molecular weight excluding hydrogens is 427 g/mol. The summed E-state index contributed by atoms with van der Waals surface area (Å²) >= 11 is 0. The van der Waals surface area contributed by atoms with Gasteiger partial charge in [0.1, 0.15) is 0 Å². The zero-order valence-corrected chi connectivity index (χ0v) is 19.0. The Hall–Kier alpha value is -2.20. The SMILES string of the molecule is CC(C)C[C@H](C(=O)N1CCNC[C@]1(C)c1cc(C(F)(F)F)ccn1)[C@@H]1OC(C)(C)OC1=O. The third-order valence-corrected chi connectivity index (χ3v) is 5.88. The summed E-state index contributed by atoms with van der Waals surface area (Å²) in [6.07, 6.45) is -4.14. The second-order valence-corrected chi connectivity index (χ2v) is 9.46. The average molecular weight is 457 g/mol. The number of pyridine rings is 1. The molecule has 1 N–H and O–H groups in total. The summed E-state index contributed by atoms with van der Waals surface area (Å²) in [5.41, 5.74) is -1.83. The summed E-state index contributed by atoms with van der Waals surface area (Å²) in [7, 11) is 0. The molecule has 2 saturated heterocycles. The fourth-order valence-corrected chi connectivity index (χ4v) is 4.34. The number of piperazine rings is 1. The molecule has 0 bridgehead atoms. The molecule has 2 aliphatic heterocycles. The second-order valence-electron chi connectivity index (χ2n) is 9.46. The van der Waals surface area contributed by atoms with Crippen molar-refractivity contribution >= 4 is 11.9 Å². The first-order chi connectivity index (χ1) is 14.7. The van der Waals surface area contributed by atoms with E-state index in [1.807, 2.05) is 13.8 Å². The van der Waals surface area contributed by atoms with Gasteiger partial charge in [0.25, 0.3) is 0 Å². The summed E-state index contributed by atoms with van der Waals surface area (Å²) in [5.74, 6) is -2.87. The van der Waals surface area contributed by atoms with Gasteiger partial charge >= 0.3 is 12.1 Å². The van der Waals surface area contributed by atoms with Crippen LogP contribution in [0.15, 0.2) is 18.3 Å². The van der Waals surface area contributed by atoms with Crippen LogP contribution in [0, 0.1) is 11.8 Å². The summed E-state index contributed by atoms with van der Waals surface area (Å²) in [6, 6.07) is 1.88. The van der Waals surface area contributed by atoms with Crippen LogP contribution >= 0.6 is 0 Å². The van der Waals surface area contributed by atoms with Crippen molar-refractivity contribution in [1.82, 2.24) is 15.2 Å². The zero-order valence-electron chi connectivity index (χ0n) is 19.0. The highest BCUT2D eigenvalue weighted by Crippen LogP contribution is 2.37. The smallest absolute Gasteiger partial charge is 0.416 e. The molecule has 0 radical (unpaired) electrons. The van der Waals surface area contributed by atoms with Gasteiger partial charge in [0.05, 0.1) is 22.7 Å². The van der Waals surface area contributed by atoms with E-state index in [2.05, 4.69) is 10.3 Å². The number of amides is 1. The van der Waals surface area contributed by atoms with Crippen molar-refractivity contribution in [2.24, 2.45) is 11.8 Å². The van der Waals surface area contributed by atoms with Crippen LogP contribution < -0.4 is 5.32 Å². The van der Waals surface area contributed by atoms with E-state index < -0.39 is 41.1 Å². The Labute approximate surface area is 185 Å². The fraction of sp³-hybridized carbons (Fsp3) is 0.682. The van der Waals surface area contributed by atoms with Gasteiger partial charge in [-0.1, -0.05) is 13.8 Å². The van der Waals surface area contributed by atoms with Crippen LogP contribution in [-0.4, -0.2) is 53.3 Å². The predicted molar refractivity (Wildman–Crippen MR) is 109 cm³/mol. The van der Waals surface area contributed by atoms with Gasteiger partial charge in [-0.05, 0) is 31.4 Å². The molecule has 0 unspecified atom stereocenters. The molecule has 3 heterocycles. The van der Waals surface area contributed by atoms with E-state index >= 15 is 0 Å². The monoisotopic (exact) mass is 457 g/mol. The number of carbonyl (C=O) groups is 2. The number of carbonyl (C=O) groups excluding carboxylic acids is 2. The second kappa shape index (κ2) is 8.62. The molecule has 10 heteroatoms. The summed E-state index contributed by atoms with van der Waals surface area (Å²) < 4.78 is 51.0. The van der Waals surface area contributed by atoms with Gasteiger partial charge in [0, 0.05) is 39.7 Å². The van der Waals surface area contributed by atoms with Crippen molar-refractivity contribution in [3.63, 3.8) is 0 Å². The van der Waals surface area contributed by atoms with Crippen LogP contribution in [-0.2, 0) is 30.8 Å². The maximum atomic E-state index is 13.8. The van der Waals surface area contributed by atoms with Crippen molar-refractivity contribution < 1.29 is 32.2 Å². The number of rotatable bonds is 5. The molecule has 178 valence electrons. The average Bonchev–Trinajstić information content (AvgIpc) is 2.97. The van der Waals surface area contributed by atoms with Gasteiger partial charge in [0.2, 0.25) is 11.7 Å². The van der Waals surface area contributed by atoms with Crippen LogP contribution in [0.5, 0.6) is 0 Å². The van der Waals surface area contributed by atoms with Gasteiger partial charge in [-0.3, -0.25) is 9.78 Å². The molecule has 3 rings (SSSR count). The Bertz CT molecular complexity index is 874. The first-order valence-electron chi connectivity index (χ1n) is 10.7. The van der Waals surface area contributed by atoms with Crippen molar-refractivity contribution in [3.05, 3.63) is 29.6 Å². The number of ether oxygens (including phenoxy) is 2. The number of nitrogens with one attached hydrogen (secondary N) is 1. The topological polar surface area (TPSA) is 80.8 Å². The number of cyclic esters (lactones) is 1. The molecular formula is C22H30F3N3O4. The molecule has 2 aliphatic rings. The zero-order chi connectivity index (χ0) is 23.9. The minimum atomic E-state index is -4.53. The molecule has 0 aliphatic carbocycles. The fourth-order valence-electron chi connectivity index (χ4n) is 4.34. The summed E-state index contributed by atoms with van der Waals surface area (Å²) in [4.78, 5) is 32.0. The van der Waals surface area contributed by atoms with Gasteiger partial charge < -0.3 is 19.7 Å². The number of hydrogen-bond donors (Lipinski definition) is 1. The highest BCUT2D eigenvalue weighted by molar-refractivity contribution is 5.88. The largest absolute Gasteiger partial charge is 0.432 e. The highest BCUT2D eigenvalue weighted by Gasteiger charge is 2.51. The van der Waals surface area contributed by atoms with Crippen LogP contribution in [0.4, 0.5) is 13.2 Å². The van der Waals surface area contributed by atoms with Crippen molar-refractivity contribution in [2.45, 2.75) is 64.6 Å². The van der Waals surface area contributed by atoms with E-state index in [1.54, 1.807) is 20.8 Å². The molecule has 0 spiro atoms. The van der Waals surface area contributed by atoms with E-state index in [1.165, 1.54) is 4.90 Å². The molecule has 1 amide bonds. The Morgan fingerprint density at radius 3 is 2.59 bits per heavy atom. The predicted octanol–water partition coefficient (Wildman–Crippen LogP) is 3.09. The molecule has 2 fully saturated rings. The Kier molecular flexibility index (Phi) is 6.59. The van der Waals surface area contributed by atoms with Crippen molar-refractivity contribution in [3.8, 4) is 0 Å². The normalized spacial score (nSPS) is 26.8. The third kappa shape index (κ3) is 4.91. The number of esters is 1. The van der Waals surface area contributed by atoms with Crippen LogP contribution in [0.2, 0.25) is 0 Å². The lowest BCUT2D eigenvalue weighted by molar-refractivity contribution is -0.164. The van der Waals surface area contributed by atoms with Crippen molar-refractivity contribution in [2.75, 3.05) is 19.6 Å². The minimum absolute atomic E-state index is 0.0740. The van der Waals surface area contributed by atoms with E-state index in [0.29, 0.717) is 13.0 Å². The number of aromatic nitrogens is 1. The number of alkyl halides is 3. The first-order valence-corrected chi connectivity index (χ1v) is 10.7. The van der Waals surface area contributed by atoms with Crippen LogP contribution in [0.25, 0.3) is 0 Å². The van der Waals surface area contributed by atoms with Gasteiger partial charge in [0.15, 0.2) is 6.10 Å². The quantitative estimate of drug-likeness (QED) is 0.685. The lowest BCUT2D eigenvalue weighted by atomic mass is 9.86. The molecule has 1 aromatic rings. The maximum absolute atomic E-state index is 13.8. The van der Waals surface area contributed by atoms with E-state index in [9.17, 15) is 22.8 Å². The van der Waals surface area contributed by atoms with Crippen molar-refractivity contribution in [1.29, 1.82) is 0 Å². The Balaban J connectivity index is 1.98. The summed E-state index contributed by atoms with van der Waals surface area (Å²) in [6.45, 7) is 9.69. The van der Waals surface area contributed by atoms with Crippen LogP contribution in [0.3, 0.4) is 0 Å². The lowest BCUT2D eigenvalue weighted by Gasteiger charge is -2.46. The molecule has 32 heavy (non-hydrogen) atoms. The van der Waals surface area contributed by atoms with E-state index in [0.717, 1.165) is 18.3 Å². The third-order valence-electron chi connectivity index (χ3n) is 5.88. The number of hydrogen-bond acceptors (Lipinski definition) is 6. The molecule has 3 atom stereocenters. The summed E-state index contributed by atoms with van der Waals surface area (Å²) in [5, 5.41) is 3.15. The molecule has 0 saturated carbocycles. The van der Waals surface area contributed by atoms with E-state index in [-0.39, 0.29) is 30.6 Å². The van der Waals surface area contributed by atoms with Gasteiger partial charge in [-0.25, -0.2) is 4.79 Å². The molecule has 7 nitrogen and oxygen atoms in total. The Morgan fingerprint density at radius 1 is 1.34 bits per heavy atom. The highest BCUT2D eigenvalue weighted by atomic mass is 19.4. The van der Waals surface area contributed by atoms with E-state index in [4.69, 9.17) is 9.47 Å². The van der Waals surface area contributed by atoms with Crippen LogP contribution in [0.1, 0.15) is 52.3 Å². The lowest BCUT2D eigenvalue weighted by Crippen LogP contribution is -2.62. The minimum Gasteiger partial charge on any atom is -0.432 e. The first kappa shape index (κ1) is 24.4. The standard InChI is InChI=1S/C22H30F3N3O4/c1-13(2)10-15(17-19(30)32-20(3,4)31-17)18(29)28-9-8-26-12-21(28,5)16-11-14(6-7-27-16)22(23,24)25/h6-7,11,13,15,17,26H,8-10,12H2,1-5H3/t15-,17-,21+/m0/s1. The number of halogens is 3. The molecule has 1 aromatic heterocycles. The number of nitrogens with zero attached hydrogens (tertiary/aromatic N) is 2. The van der Waals surface area contributed by atoms with Gasteiger partial charge in [-0.15, -0.1) is 0 Å². The Morgan fingerprint density at radius 2 is 2.03 bits per heavy atom. The molecule has 0 aromatic carbocycles.